The summed E-state index contributed by atoms with van der Waals surface area (Å²) in [6, 6.07) is 11.0. The highest BCUT2D eigenvalue weighted by Gasteiger charge is 2.15. The lowest BCUT2D eigenvalue weighted by molar-refractivity contribution is -0.116. The van der Waals surface area contributed by atoms with Crippen LogP contribution >= 0.6 is 0 Å². The van der Waals surface area contributed by atoms with Gasteiger partial charge in [0.15, 0.2) is 11.5 Å². The first-order chi connectivity index (χ1) is 14.3. The van der Waals surface area contributed by atoms with E-state index in [1.165, 1.54) is 21.3 Å². The third-order valence-corrected chi connectivity index (χ3v) is 3.86. The van der Waals surface area contributed by atoms with E-state index in [9.17, 15) is 10.1 Å². The number of nitriles is 1. The number of rotatable bonds is 7. The van der Waals surface area contributed by atoms with Crippen molar-refractivity contribution in [3.63, 3.8) is 0 Å². The van der Waals surface area contributed by atoms with Gasteiger partial charge in [0.25, 0.3) is 0 Å². The Hall–Kier alpha value is -3.90. The van der Waals surface area contributed by atoms with Crippen LogP contribution in [0, 0.1) is 11.3 Å². The van der Waals surface area contributed by atoms with Gasteiger partial charge < -0.3 is 36.1 Å². The summed E-state index contributed by atoms with van der Waals surface area (Å²) in [6.45, 7) is -0.0556. The molecule has 0 aliphatic rings. The minimum absolute atomic E-state index is 0.0556. The molecule has 0 fully saturated rings. The quantitative estimate of drug-likeness (QED) is 0.352. The van der Waals surface area contributed by atoms with E-state index in [0.29, 0.717) is 39.8 Å². The molecule has 0 aliphatic heterocycles. The summed E-state index contributed by atoms with van der Waals surface area (Å²) < 4.78 is 21.1. The average Bonchev–Trinajstić information content (AvgIpc) is 2.76. The standard InChI is InChI=1S/C19H20N2O4.C2H6N2O/c1-22-16-6-5-12(8-15(16)21)7-14(11-20)13-9-17(23-2)19(25-4)18(10-13)24-3;3-1-2(4)5/h5-10H,21H2,1-4H3;1,3H2,(H2,4,5)/b14-7-;. The Kier molecular flexibility index (Phi) is 9.52. The summed E-state index contributed by atoms with van der Waals surface area (Å²) in [5, 5.41) is 9.58. The highest BCUT2D eigenvalue weighted by atomic mass is 16.5. The van der Waals surface area contributed by atoms with Crippen LogP contribution in [0.15, 0.2) is 30.3 Å². The number of hydrogen-bond acceptors (Lipinski definition) is 8. The van der Waals surface area contributed by atoms with Crippen LogP contribution in [-0.4, -0.2) is 40.9 Å². The molecule has 0 spiro atoms. The van der Waals surface area contributed by atoms with E-state index in [0.717, 1.165) is 5.56 Å². The van der Waals surface area contributed by atoms with Gasteiger partial charge in [-0.25, -0.2) is 0 Å². The molecule has 0 bridgehead atoms. The van der Waals surface area contributed by atoms with Gasteiger partial charge in [0.05, 0.1) is 52.3 Å². The normalized spacial score (nSPS) is 10.2. The lowest BCUT2D eigenvalue weighted by Crippen LogP contribution is -2.21. The van der Waals surface area contributed by atoms with E-state index in [1.54, 1.807) is 37.5 Å². The molecular weight excluding hydrogens is 388 g/mol. The van der Waals surface area contributed by atoms with Crippen LogP contribution in [0.4, 0.5) is 5.69 Å². The number of nitrogens with zero attached hydrogens (tertiary/aromatic N) is 1. The molecule has 0 aromatic heterocycles. The lowest BCUT2D eigenvalue weighted by atomic mass is 10.0. The predicted molar refractivity (Wildman–Crippen MR) is 115 cm³/mol. The Morgan fingerprint density at radius 1 is 1.00 bits per heavy atom. The minimum atomic E-state index is -0.468. The fraction of sp³-hybridized carbons (Fsp3) is 0.238. The van der Waals surface area contributed by atoms with Crippen molar-refractivity contribution >= 4 is 23.2 Å². The number of hydrogen-bond donors (Lipinski definition) is 3. The molecule has 0 saturated heterocycles. The third kappa shape index (κ3) is 6.32. The van der Waals surface area contributed by atoms with Crippen LogP contribution in [0.3, 0.4) is 0 Å². The van der Waals surface area contributed by atoms with Gasteiger partial charge >= 0.3 is 0 Å². The SMILES string of the molecule is COc1ccc(/C=C(/C#N)c2cc(OC)c(OC)c(OC)c2)cc1N.NCC(N)=O. The maximum absolute atomic E-state index is 9.58. The number of primary amides is 1. The molecule has 6 N–H and O–H groups in total. The fourth-order valence-corrected chi connectivity index (χ4v) is 2.43. The van der Waals surface area contributed by atoms with E-state index in [4.69, 9.17) is 30.4 Å². The van der Waals surface area contributed by atoms with Gasteiger partial charge in [-0.2, -0.15) is 5.26 Å². The maximum Gasteiger partial charge on any atom is 0.231 e. The number of anilines is 1. The van der Waals surface area contributed by atoms with Gasteiger partial charge in [0.1, 0.15) is 5.75 Å². The molecule has 9 nitrogen and oxygen atoms in total. The molecule has 160 valence electrons. The first kappa shape index (κ1) is 24.1. The zero-order chi connectivity index (χ0) is 22.7. The second kappa shape index (κ2) is 11.8. The van der Waals surface area contributed by atoms with Crippen molar-refractivity contribution in [1.29, 1.82) is 5.26 Å². The first-order valence-electron chi connectivity index (χ1n) is 8.69. The van der Waals surface area contributed by atoms with Crippen molar-refractivity contribution < 1.29 is 23.7 Å². The Bertz CT molecular complexity index is 926. The van der Waals surface area contributed by atoms with Gasteiger partial charge in [-0.3, -0.25) is 4.79 Å². The fourth-order valence-electron chi connectivity index (χ4n) is 2.43. The number of carbonyl (C=O) groups is 1. The van der Waals surface area contributed by atoms with Gasteiger partial charge in [0.2, 0.25) is 11.7 Å². The smallest absolute Gasteiger partial charge is 0.231 e. The van der Waals surface area contributed by atoms with Gasteiger partial charge in [-0.05, 0) is 41.5 Å². The van der Waals surface area contributed by atoms with Crippen molar-refractivity contribution in [3.05, 3.63) is 41.5 Å². The largest absolute Gasteiger partial charge is 0.495 e. The van der Waals surface area contributed by atoms with Crippen LogP contribution in [0.1, 0.15) is 11.1 Å². The molecule has 2 aromatic rings. The molecule has 9 heteroatoms. The topological polar surface area (TPSA) is 156 Å². The van der Waals surface area contributed by atoms with Gasteiger partial charge in [0, 0.05) is 0 Å². The number of methoxy groups -OCH3 is 4. The second-order valence-electron chi connectivity index (χ2n) is 5.76. The Balaban J connectivity index is 0.000000804. The molecule has 2 rings (SSSR count). The van der Waals surface area contributed by atoms with Crippen LogP contribution in [0.5, 0.6) is 23.0 Å². The van der Waals surface area contributed by atoms with Crippen LogP contribution < -0.4 is 36.1 Å². The molecule has 0 unspecified atom stereocenters. The minimum Gasteiger partial charge on any atom is -0.495 e. The monoisotopic (exact) mass is 414 g/mol. The van der Waals surface area contributed by atoms with Crippen molar-refractivity contribution in [1.82, 2.24) is 0 Å². The van der Waals surface area contributed by atoms with E-state index in [1.807, 2.05) is 6.07 Å². The molecule has 0 aliphatic carbocycles. The average molecular weight is 414 g/mol. The third-order valence-electron chi connectivity index (χ3n) is 3.86. The molecular formula is C21H26N4O5. The molecule has 30 heavy (non-hydrogen) atoms. The molecule has 0 atom stereocenters. The van der Waals surface area contributed by atoms with Crippen molar-refractivity contribution in [3.8, 4) is 29.1 Å². The van der Waals surface area contributed by atoms with E-state index < -0.39 is 5.91 Å². The number of carbonyl (C=O) groups excluding carboxylic acids is 1. The van der Waals surface area contributed by atoms with E-state index >= 15 is 0 Å². The number of nitrogen functional groups attached to an aromatic ring is 1. The molecule has 2 aromatic carbocycles. The summed E-state index contributed by atoms with van der Waals surface area (Å²) in [4.78, 5) is 9.47. The lowest BCUT2D eigenvalue weighted by Gasteiger charge is -2.14. The zero-order valence-electron chi connectivity index (χ0n) is 17.4. The summed E-state index contributed by atoms with van der Waals surface area (Å²) in [5.74, 6) is 1.55. The summed E-state index contributed by atoms with van der Waals surface area (Å²) >= 11 is 0. The van der Waals surface area contributed by atoms with Crippen molar-refractivity contribution in [2.45, 2.75) is 0 Å². The maximum atomic E-state index is 9.58. The van der Waals surface area contributed by atoms with E-state index in [2.05, 4.69) is 11.8 Å². The highest BCUT2D eigenvalue weighted by Crippen LogP contribution is 2.40. The van der Waals surface area contributed by atoms with Crippen molar-refractivity contribution in [2.24, 2.45) is 11.5 Å². The Morgan fingerprint density at radius 3 is 1.90 bits per heavy atom. The number of allylic oxidation sites excluding steroid dienone is 1. The Morgan fingerprint density at radius 2 is 1.53 bits per heavy atom. The van der Waals surface area contributed by atoms with Crippen LogP contribution in [-0.2, 0) is 4.79 Å². The van der Waals surface area contributed by atoms with Crippen LogP contribution in [0.2, 0.25) is 0 Å². The number of benzene rings is 2. The molecule has 0 radical (unpaired) electrons. The first-order valence-corrected chi connectivity index (χ1v) is 8.69. The van der Waals surface area contributed by atoms with Crippen molar-refractivity contribution in [2.75, 3.05) is 40.7 Å². The molecule has 0 heterocycles. The number of amides is 1. The zero-order valence-corrected chi connectivity index (χ0v) is 17.4. The highest BCUT2D eigenvalue weighted by molar-refractivity contribution is 5.91. The molecule has 0 saturated carbocycles. The number of nitrogens with two attached hydrogens (primary N) is 3. The Labute approximate surface area is 175 Å². The van der Waals surface area contributed by atoms with Crippen LogP contribution in [0.25, 0.3) is 11.6 Å². The predicted octanol–water partition coefficient (Wildman–Crippen LogP) is 1.80. The molecule has 1 amide bonds. The van der Waals surface area contributed by atoms with E-state index in [-0.39, 0.29) is 6.54 Å². The second-order valence-corrected chi connectivity index (χ2v) is 5.76. The van der Waals surface area contributed by atoms with Gasteiger partial charge in [-0.15, -0.1) is 0 Å². The van der Waals surface area contributed by atoms with Gasteiger partial charge in [-0.1, -0.05) is 6.07 Å². The summed E-state index contributed by atoms with van der Waals surface area (Å²) in [5.41, 5.74) is 17.5. The summed E-state index contributed by atoms with van der Waals surface area (Å²) in [6.07, 6.45) is 1.73. The summed E-state index contributed by atoms with van der Waals surface area (Å²) in [7, 11) is 6.14. The number of ether oxygens (including phenoxy) is 4.